The number of hydrogen-bond donors (Lipinski definition) is 1. The second kappa shape index (κ2) is 9.51. The number of carbonyl (C=O) groups excluding carboxylic acids is 1. The molecule has 6 nitrogen and oxygen atoms in total. The molecule has 158 valence electrons. The number of aromatic nitrogens is 4. The third kappa shape index (κ3) is 5.43. The fraction of sp³-hybridized carbons (Fsp3) is 0.333. The molecule has 30 heavy (non-hydrogen) atoms. The summed E-state index contributed by atoms with van der Waals surface area (Å²) in [6.45, 7) is 2.10. The summed E-state index contributed by atoms with van der Waals surface area (Å²) in [7, 11) is 0. The zero-order valence-electron chi connectivity index (χ0n) is 16.5. The molecule has 9 heteroatoms. The number of carbonyl (C=O) groups is 1. The first kappa shape index (κ1) is 21.5. The topological polar surface area (TPSA) is 72.7 Å². The molecule has 0 aliphatic carbocycles. The molecular formula is C21H22F3N5O. The Hall–Kier alpha value is -3.23. The molecule has 0 radical (unpaired) electrons. The van der Waals surface area contributed by atoms with Crippen LogP contribution in [0.2, 0.25) is 0 Å². The SMILES string of the molecule is CCCCCCC(=O)Nc1ccc(-n2nc(C(F)(F)F)cc2-c2cccnc2)cn1. The maximum Gasteiger partial charge on any atom is 0.435 e. The van der Waals surface area contributed by atoms with Crippen molar-refractivity contribution in [1.82, 2.24) is 19.7 Å². The number of hydrogen-bond acceptors (Lipinski definition) is 4. The summed E-state index contributed by atoms with van der Waals surface area (Å²) in [6, 6.07) is 7.37. The summed E-state index contributed by atoms with van der Waals surface area (Å²) in [6.07, 6.45) is 4.18. The minimum absolute atomic E-state index is 0.138. The molecule has 0 spiro atoms. The van der Waals surface area contributed by atoms with Crippen molar-refractivity contribution < 1.29 is 18.0 Å². The number of anilines is 1. The molecule has 0 aliphatic heterocycles. The van der Waals surface area contributed by atoms with Crippen LogP contribution < -0.4 is 5.32 Å². The predicted molar refractivity (Wildman–Crippen MR) is 107 cm³/mol. The number of amides is 1. The Morgan fingerprint density at radius 3 is 2.60 bits per heavy atom. The van der Waals surface area contributed by atoms with Crippen LogP contribution in [-0.4, -0.2) is 25.7 Å². The Labute approximate surface area is 172 Å². The highest BCUT2D eigenvalue weighted by Crippen LogP contribution is 2.33. The molecule has 1 N–H and O–H groups in total. The highest BCUT2D eigenvalue weighted by molar-refractivity contribution is 5.89. The van der Waals surface area contributed by atoms with E-state index >= 15 is 0 Å². The lowest BCUT2D eigenvalue weighted by atomic mass is 10.1. The maximum absolute atomic E-state index is 13.2. The summed E-state index contributed by atoms with van der Waals surface area (Å²) in [5.41, 5.74) is 0.0611. The second-order valence-electron chi connectivity index (χ2n) is 6.83. The van der Waals surface area contributed by atoms with Gasteiger partial charge in [-0.15, -0.1) is 0 Å². The summed E-state index contributed by atoms with van der Waals surface area (Å²) in [5.74, 6) is 0.200. The number of nitrogens with one attached hydrogen (secondary N) is 1. The molecule has 0 aliphatic rings. The van der Waals surface area contributed by atoms with Crippen LogP contribution in [0.4, 0.5) is 19.0 Å². The number of halogens is 3. The highest BCUT2D eigenvalue weighted by atomic mass is 19.4. The first-order valence-corrected chi connectivity index (χ1v) is 9.72. The van der Waals surface area contributed by atoms with Crippen molar-refractivity contribution in [2.45, 2.75) is 45.2 Å². The van der Waals surface area contributed by atoms with Crippen LogP contribution >= 0.6 is 0 Å². The average Bonchev–Trinajstić information content (AvgIpc) is 3.18. The number of unbranched alkanes of at least 4 members (excludes halogenated alkanes) is 3. The van der Waals surface area contributed by atoms with E-state index in [0.29, 0.717) is 23.5 Å². The standard InChI is InChI=1S/C21H22F3N5O/c1-2-3-4-5-8-20(30)27-19-10-9-16(14-26-19)29-17(15-7-6-11-25-13-15)12-18(28-29)21(22,23)24/h6-7,9-14H,2-5,8H2,1H3,(H,26,27,30). The molecule has 3 heterocycles. The molecule has 0 fully saturated rings. The van der Waals surface area contributed by atoms with Gasteiger partial charge in [0.2, 0.25) is 5.91 Å². The Morgan fingerprint density at radius 1 is 1.13 bits per heavy atom. The van der Waals surface area contributed by atoms with Gasteiger partial charge in [-0.05, 0) is 36.8 Å². The monoisotopic (exact) mass is 417 g/mol. The smallest absolute Gasteiger partial charge is 0.311 e. The Balaban J connectivity index is 1.80. The van der Waals surface area contributed by atoms with Gasteiger partial charge in [-0.2, -0.15) is 18.3 Å². The molecule has 0 atom stereocenters. The molecule has 0 saturated carbocycles. The molecule has 0 saturated heterocycles. The van der Waals surface area contributed by atoms with Crippen molar-refractivity contribution in [3.63, 3.8) is 0 Å². The lowest BCUT2D eigenvalue weighted by Crippen LogP contribution is -2.12. The van der Waals surface area contributed by atoms with Crippen LogP contribution in [0.15, 0.2) is 48.9 Å². The van der Waals surface area contributed by atoms with E-state index in [0.717, 1.165) is 31.7 Å². The van der Waals surface area contributed by atoms with Gasteiger partial charge in [0.05, 0.1) is 17.6 Å². The van der Waals surface area contributed by atoms with E-state index in [-0.39, 0.29) is 11.6 Å². The maximum atomic E-state index is 13.2. The van der Waals surface area contributed by atoms with Crippen molar-refractivity contribution in [2.75, 3.05) is 5.32 Å². The molecule has 3 aromatic heterocycles. The molecule has 1 amide bonds. The third-order valence-corrected chi connectivity index (χ3v) is 4.47. The van der Waals surface area contributed by atoms with Crippen LogP contribution in [0.5, 0.6) is 0 Å². The number of rotatable bonds is 8. The van der Waals surface area contributed by atoms with Crippen molar-refractivity contribution in [3.8, 4) is 16.9 Å². The molecule has 0 unspecified atom stereocenters. The van der Waals surface area contributed by atoms with E-state index in [1.165, 1.54) is 23.3 Å². The minimum atomic E-state index is -4.58. The molecule has 0 aromatic carbocycles. The minimum Gasteiger partial charge on any atom is -0.311 e. The van der Waals surface area contributed by atoms with E-state index < -0.39 is 11.9 Å². The molecule has 0 bridgehead atoms. The normalized spacial score (nSPS) is 11.5. The fourth-order valence-corrected chi connectivity index (χ4v) is 2.94. The average molecular weight is 417 g/mol. The van der Waals surface area contributed by atoms with E-state index in [9.17, 15) is 18.0 Å². The Bertz CT molecular complexity index is 969. The van der Waals surface area contributed by atoms with Crippen molar-refractivity contribution in [1.29, 1.82) is 0 Å². The zero-order chi connectivity index (χ0) is 21.6. The Morgan fingerprint density at radius 2 is 1.97 bits per heavy atom. The van der Waals surface area contributed by atoms with Crippen molar-refractivity contribution >= 4 is 11.7 Å². The summed E-state index contributed by atoms with van der Waals surface area (Å²) in [5, 5.41) is 6.42. The molecule has 3 rings (SSSR count). The summed E-state index contributed by atoms with van der Waals surface area (Å²) in [4.78, 5) is 20.1. The number of nitrogens with zero attached hydrogens (tertiary/aromatic N) is 4. The lowest BCUT2D eigenvalue weighted by molar-refractivity contribution is -0.141. The van der Waals surface area contributed by atoms with Gasteiger partial charge in [0, 0.05) is 24.4 Å². The predicted octanol–water partition coefficient (Wildman–Crippen LogP) is 5.26. The zero-order valence-corrected chi connectivity index (χ0v) is 16.5. The molecular weight excluding hydrogens is 395 g/mol. The first-order valence-electron chi connectivity index (χ1n) is 9.72. The quantitative estimate of drug-likeness (QED) is 0.508. The van der Waals surface area contributed by atoms with Gasteiger partial charge >= 0.3 is 6.18 Å². The van der Waals surface area contributed by atoms with E-state index in [2.05, 4.69) is 27.3 Å². The van der Waals surface area contributed by atoms with Crippen LogP contribution in [0, 0.1) is 0 Å². The molecule has 3 aromatic rings. The van der Waals surface area contributed by atoms with Crippen LogP contribution in [0.1, 0.15) is 44.7 Å². The number of pyridine rings is 2. The third-order valence-electron chi connectivity index (χ3n) is 4.47. The summed E-state index contributed by atoms with van der Waals surface area (Å²) >= 11 is 0. The van der Waals surface area contributed by atoms with Gasteiger partial charge in [-0.1, -0.05) is 26.2 Å². The van der Waals surface area contributed by atoms with E-state index in [1.54, 1.807) is 24.3 Å². The first-order chi connectivity index (χ1) is 14.4. The van der Waals surface area contributed by atoms with Gasteiger partial charge in [0.15, 0.2) is 5.69 Å². The van der Waals surface area contributed by atoms with Gasteiger partial charge in [-0.3, -0.25) is 9.78 Å². The van der Waals surface area contributed by atoms with Gasteiger partial charge in [0.1, 0.15) is 5.82 Å². The second-order valence-corrected chi connectivity index (χ2v) is 6.83. The van der Waals surface area contributed by atoms with Crippen molar-refractivity contribution in [3.05, 3.63) is 54.6 Å². The van der Waals surface area contributed by atoms with Gasteiger partial charge in [-0.25, -0.2) is 9.67 Å². The van der Waals surface area contributed by atoms with Crippen LogP contribution in [0.25, 0.3) is 16.9 Å². The number of alkyl halides is 3. The van der Waals surface area contributed by atoms with E-state index in [4.69, 9.17) is 0 Å². The Kier molecular flexibility index (Phi) is 6.81. The fourth-order valence-electron chi connectivity index (χ4n) is 2.94. The van der Waals surface area contributed by atoms with Crippen LogP contribution in [0.3, 0.4) is 0 Å². The summed E-state index contributed by atoms with van der Waals surface area (Å²) < 4.78 is 40.8. The van der Waals surface area contributed by atoms with Crippen molar-refractivity contribution in [2.24, 2.45) is 0 Å². The highest BCUT2D eigenvalue weighted by Gasteiger charge is 2.35. The lowest BCUT2D eigenvalue weighted by Gasteiger charge is -2.09. The van der Waals surface area contributed by atoms with Gasteiger partial charge in [0.25, 0.3) is 0 Å². The van der Waals surface area contributed by atoms with E-state index in [1.807, 2.05) is 0 Å². The largest absolute Gasteiger partial charge is 0.435 e. The van der Waals surface area contributed by atoms with Crippen LogP contribution in [-0.2, 0) is 11.0 Å². The van der Waals surface area contributed by atoms with Gasteiger partial charge < -0.3 is 5.32 Å².